The molecule has 2 aromatic carbocycles. The molecule has 0 radical (unpaired) electrons. The summed E-state index contributed by atoms with van der Waals surface area (Å²) < 4.78 is 16.0. The van der Waals surface area contributed by atoms with E-state index in [9.17, 15) is 9.65 Å². The summed E-state index contributed by atoms with van der Waals surface area (Å²) >= 11 is 0. The highest BCUT2D eigenvalue weighted by Gasteiger charge is 2.23. The molecule has 3 heterocycles. The van der Waals surface area contributed by atoms with Crippen molar-refractivity contribution in [2.24, 2.45) is 7.05 Å². The summed E-state index contributed by atoms with van der Waals surface area (Å²) in [6.45, 7) is 1.84. The van der Waals surface area contributed by atoms with Crippen LogP contribution in [-0.2, 0) is 7.05 Å². The van der Waals surface area contributed by atoms with Crippen LogP contribution in [0.5, 0.6) is 0 Å². The van der Waals surface area contributed by atoms with Crippen molar-refractivity contribution in [2.75, 3.05) is 30.4 Å². The van der Waals surface area contributed by atoms with E-state index in [4.69, 9.17) is 0 Å². The molecule has 0 aliphatic carbocycles. The van der Waals surface area contributed by atoms with Crippen molar-refractivity contribution in [3.8, 4) is 6.07 Å². The van der Waals surface area contributed by atoms with Crippen molar-refractivity contribution in [3.63, 3.8) is 0 Å². The predicted molar refractivity (Wildman–Crippen MR) is 114 cm³/mol. The number of hydrogen-bond acceptors (Lipinski definition) is 6. The molecule has 1 saturated heterocycles. The average molecular weight is 404 g/mol. The van der Waals surface area contributed by atoms with Gasteiger partial charge in [-0.05, 0) is 37.7 Å². The van der Waals surface area contributed by atoms with Crippen molar-refractivity contribution < 1.29 is 4.39 Å². The molecule has 4 aromatic rings. The molecule has 8 nitrogen and oxygen atoms in total. The highest BCUT2D eigenvalue weighted by atomic mass is 19.1. The zero-order valence-corrected chi connectivity index (χ0v) is 16.7. The fraction of sp³-hybridized carbons (Fsp3) is 0.286. The van der Waals surface area contributed by atoms with Crippen molar-refractivity contribution in [3.05, 3.63) is 41.8 Å². The highest BCUT2D eigenvalue weighted by molar-refractivity contribution is 5.98. The van der Waals surface area contributed by atoms with Gasteiger partial charge in [-0.3, -0.25) is 9.78 Å². The van der Waals surface area contributed by atoms with Gasteiger partial charge in [0.05, 0.1) is 16.5 Å². The number of anilines is 3. The van der Waals surface area contributed by atoms with Crippen LogP contribution in [-0.4, -0.2) is 46.2 Å². The van der Waals surface area contributed by atoms with Gasteiger partial charge in [0, 0.05) is 49.1 Å². The van der Waals surface area contributed by atoms with Gasteiger partial charge in [-0.2, -0.15) is 15.5 Å². The van der Waals surface area contributed by atoms with Gasteiger partial charge in [0.1, 0.15) is 11.6 Å². The van der Waals surface area contributed by atoms with Gasteiger partial charge in [0.15, 0.2) is 11.6 Å². The summed E-state index contributed by atoms with van der Waals surface area (Å²) in [7, 11) is 3.72. The monoisotopic (exact) mass is 404 g/mol. The van der Waals surface area contributed by atoms with Crippen molar-refractivity contribution in [2.45, 2.75) is 12.5 Å². The highest BCUT2D eigenvalue weighted by Crippen LogP contribution is 2.33. The minimum atomic E-state index is -0.411. The van der Waals surface area contributed by atoms with E-state index in [0.29, 0.717) is 39.4 Å². The molecular formula is C21H21FN8. The maximum atomic E-state index is 14.4. The first kappa shape index (κ1) is 18.4. The minimum Gasteiger partial charge on any atom is -0.370 e. The second-order valence-electron chi connectivity index (χ2n) is 7.64. The summed E-state index contributed by atoms with van der Waals surface area (Å²) in [5.41, 5.74) is 3.15. The van der Waals surface area contributed by atoms with E-state index >= 15 is 0 Å². The lowest BCUT2D eigenvalue weighted by Crippen LogP contribution is -2.29. The van der Waals surface area contributed by atoms with E-state index in [1.165, 1.54) is 6.07 Å². The smallest absolute Gasteiger partial charge is 0.161 e. The zero-order valence-electron chi connectivity index (χ0n) is 16.7. The summed E-state index contributed by atoms with van der Waals surface area (Å²) in [5.74, 6) is 0.0802. The van der Waals surface area contributed by atoms with Gasteiger partial charge >= 0.3 is 0 Å². The number of fused-ring (bicyclic) bond motifs is 2. The van der Waals surface area contributed by atoms with Crippen molar-refractivity contribution in [1.29, 1.82) is 5.26 Å². The summed E-state index contributed by atoms with van der Waals surface area (Å²) in [6, 6.07) is 9.84. The molecule has 0 amide bonds. The molecule has 0 saturated carbocycles. The number of aromatic amines is 1. The number of nitrogens with one attached hydrogen (secondary N) is 3. The van der Waals surface area contributed by atoms with Crippen LogP contribution in [0.1, 0.15) is 12.0 Å². The number of H-pyrrole nitrogens is 1. The lowest BCUT2D eigenvalue weighted by molar-refractivity contribution is 0.617. The Kier molecular flexibility index (Phi) is 4.29. The number of aryl methyl sites for hydroxylation is 1. The molecule has 9 heteroatoms. The Hall–Kier alpha value is -3.64. The Morgan fingerprint density at radius 3 is 2.93 bits per heavy atom. The molecular weight excluding hydrogens is 383 g/mol. The van der Waals surface area contributed by atoms with E-state index in [2.05, 4.69) is 36.9 Å². The van der Waals surface area contributed by atoms with E-state index in [1.54, 1.807) is 17.9 Å². The van der Waals surface area contributed by atoms with Crippen LogP contribution in [0.2, 0.25) is 0 Å². The molecule has 30 heavy (non-hydrogen) atoms. The van der Waals surface area contributed by atoms with Crippen LogP contribution < -0.4 is 15.5 Å². The van der Waals surface area contributed by atoms with Gasteiger partial charge in [-0.15, -0.1) is 0 Å². The number of nitriles is 1. The molecule has 1 aliphatic heterocycles. The van der Waals surface area contributed by atoms with Gasteiger partial charge in [0.2, 0.25) is 0 Å². The molecule has 5 rings (SSSR count). The van der Waals surface area contributed by atoms with Crippen molar-refractivity contribution in [1.82, 2.24) is 25.3 Å². The fourth-order valence-electron chi connectivity index (χ4n) is 4.15. The van der Waals surface area contributed by atoms with E-state index in [1.807, 2.05) is 25.2 Å². The number of hydrogen-bond donors (Lipinski definition) is 3. The molecule has 1 atom stereocenters. The van der Waals surface area contributed by atoms with Gasteiger partial charge < -0.3 is 15.5 Å². The maximum Gasteiger partial charge on any atom is 0.161 e. The Morgan fingerprint density at radius 1 is 1.30 bits per heavy atom. The summed E-state index contributed by atoms with van der Waals surface area (Å²) in [6.07, 6.45) is 2.82. The lowest BCUT2D eigenvalue weighted by atomic mass is 10.1. The Labute approximate surface area is 172 Å². The van der Waals surface area contributed by atoms with Crippen LogP contribution in [0.4, 0.5) is 21.6 Å². The SMILES string of the molecule is CN[C@@H]1CCN(c2cc(C#N)c3c(Nc4cc(F)c5nn(C)cc5c4)n[nH]c3c2)C1. The minimum absolute atomic E-state index is 0.322. The summed E-state index contributed by atoms with van der Waals surface area (Å²) in [5, 5.41) is 29.1. The lowest BCUT2D eigenvalue weighted by Gasteiger charge is -2.19. The van der Waals surface area contributed by atoms with Crippen LogP contribution in [0.3, 0.4) is 0 Å². The van der Waals surface area contributed by atoms with E-state index < -0.39 is 5.82 Å². The van der Waals surface area contributed by atoms with Crippen molar-refractivity contribution >= 4 is 39.0 Å². The van der Waals surface area contributed by atoms with E-state index in [-0.39, 0.29) is 0 Å². The number of rotatable bonds is 4. The van der Waals surface area contributed by atoms with E-state index in [0.717, 1.165) is 30.7 Å². The van der Waals surface area contributed by atoms with Gasteiger partial charge in [-0.25, -0.2) is 4.39 Å². The van der Waals surface area contributed by atoms with Crippen LogP contribution in [0.15, 0.2) is 30.5 Å². The Morgan fingerprint density at radius 2 is 2.17 bits per heavy atom. The third kappa shape index (κ3) is 3.02. The second-order valence-corrected chi connectivity index (χ2v) is 7.64. The van der Waals surface area contributed by atoms with Crippen LogP contribution >= 0.6 is 0 Å². The standard InChI is InChI=1S/C21H21FN8/c1-24-14-3-4-30(11-14)16-6-12(9-23)19-18(8-16)26-27-21(19)25-15-5-13-10-29(2)28-20(13)17(22)7-15/h5-8,10,14,24H,3-4,11H2,1-2H3,(H2,25,26,27)/t14-/m1/s1. The average Bonchev–Trinajstić information content (AvgIpc) is 3.45. The Bertz CT molecular complexity index is 1300. The van der Waals surface area contributed by atoms with Crippen LogP contribution in [0.25, 0.3) is 21.8 Å². The first-order chi connectivity index (χ1) is 14.6. The van der Waals surface area contributed by atoms with Gasteiger partial charge in [0.25, 0.3) is 0 Å². The molecule has 0 bridgehead atoms. The zero-order chi connectivity index (χ0) is 20.8. The second kappa shape index (κ2) is 7.00. The molecule has 0 unspecified atom stereocenters. The maximum absolute atomic E-state index is 14.4. The molecule has 3 N–H and O–H groups in total. The molecule has 1 aliphatic rings. The fourth-order valence-corrected chi connectivity index (χ4v) is 4.15. The largest absolute Gasteiger partial charge is 0.370 e. The Balaban J connectivity index is 1.52. The first-order valence-corrected chi connectivity index (χ1v) is 9.80. The summed E-state index contributed by atoms with van der Waals surface area (Å²) in [4.78, 5) is 2.26. The topological polar surface area (TPSA) is 97.6 Å². The predicted octanol–water partition coefficient (Wildman–Crippen LogP) is 3.00. The molecule has 0 spiro atoms. The normalized spacial score (nSPS) is 16.5. The third-order valence-corrected chi connectivity index (χ3v) is 5.67. The molecule has 152 valence electrons. The number of aromatic nitrogens is 4. The molecule has 1 fully saturated rings. The quantitative estimate of drug-likeness (QED) is 0.484. The number of halogens is 1. The van der Waals surface area contributed by atoms with Gasteiger partial charge in [-0.1, -0.05) is 0 Å². The molecule has 2 aromatic heterocycles. The first-order valence-electron chi connectivity index (χ1n) is 9.80. The number of likely N-dealkylation sites (N-methyl/N-ethyl adjacent to an activating group) is 1. The van der Waals surface area contributed by atoms with Crippen LogP contribution in [0, 0.1) is 17.1 Å². The number of nitrogens with zero attached hydrogens (tertiary/aromatic N) is 5. The third-order valence-electron chi connectivity index (χ3n) is 5.67. The number of benzene rings is 2.